The molecule has 1 aliphatic rings. The predicted molar refractivity (Wildman–Crippen MR) is 103 cm³/mol. The van der Waals surface area contributed by atoms with E-state index < -0.39 is 14.6 Å². The summed E-state index contributed by atoms with van der Waals surface area (Å²) in [4.78, 5) is 6.55. The Kier molecular flexibility index (Phi) is 4.97. The number of para-hydroxylation sites is 1. The van der Waals surface area contributed by atoms with Crippen LogP contribution in [0.2, 0.25) is 0 Å². The zero-order valence-electron chi connectivity index (χ0n) is 15.8. The minimum absolute atomic E-state index is 0.127. The van der Waals surface area contributed by atoms with Crippen molar-refractivity contribution in [1.29, 1.82) is 0 Å². The SMILES string of the molecule is COc1ccccc1C1CCCN1c1ccc(S(=O)(=O)C(C)(C)C)nc1. The summed E-state index contributed by atoms with van der Waals surface area (Å²) in [7, 11) is -1.76. The molecule has 1 aromatic heterocycles. The molecule has 1 saturated heterocycles. The Bertz CT molecular complexity index is 871. The summed E-state index contributed by atoms with van der Waals surface area (Å²) in [5.74, 6) is 0.879. The van der Waals surface area contributed by atoms with E-state index in [9.17, 15) is 8.42 Å². The van der Waals surface area contributed by atoms with Gasteiger partial charge in [-0.3, -0.25) is 0 Å². The number of hydrogen-bond acceptors (Lipinski definition) is 5. The minimum Gasteiger partial charge on any atom is -0.496 e. The largest absolute Gasteiger partial charge is 0.496 e. The lowest BCUT2D eigenvalue weighted by Crippen LogP contribution is -2.29. The molecule has 1 aromatic carbocycles. The molecule has 0 bridgehead atoms. The third-order valence-electron chi connectivity index (χ3n) is 4.88. The first-order valence-electron chi connectivity index (χ1n) is 8.86. The highest BCUT2D eigenvalue weighted by Gasteiger charge is 2.33. The number of anilines is 1. The van der Waals surface area contributed by atoms with Gasteiger partial charge in [0.05, 0.1) is 29.8 Å². The van der Waals surface area contributed by atoms with Gasteiger partial charge < -0.3 is 9.64 Å². The Labute approximate surface area is 155 Å². The standard InChI is InChI=1S/C20H26N2O3S/c1-20(2,3)26(23,24)19-12-11-15(14-21-19)22-13-7-9-17(22)16-8-5-6-10-18(16)25-4/h5-6,8,10-12,14,17H,7,9,13H2,1-4H3. The van der Waals surface area contributed by atoms with Crippen molar-refractivity contribution in [3.63, 3.8) is 0 Å². The number of rotatable bonds is 4. The van der Waals surface area contributed by atoms with Crippen molar-refractivity contribution in [2.24, 2.45) is 0 Å². The zero-order chi connectivity index (χ0) is 18.9. The topological polar surface area (TPSA) is 59.5 Å². The molecule has 0 spiro atoms. The molecule has 0 amide bonds. The van der Waals surface area contributed by atoms with Gasteiger partial charge in [-0.15, -0.1) is 0 Å². The predicted octanol–water partition coefficient (Wildman–Crippen LogP) is 4.00. The van der Waals surface area contributed by atoms with E-state index in [1.165, 1.54) is 0 Å². The summed E-state index contributed by atoms with van der Waals surface area (Å²) in [6.07, 6.45) is 3.78. The summed E-state index contributed by atoms with van der Waals surface area (Å²) in [5, 5.41) is 0.127. The van der Waals surface area contributed by atoms with Crippen LogP contribution in [0.1, 0.15) is 45.2 Å². The van der Waals surface area contributed by atoms with E-state index in [-0.39, 0.29) is 11.1 Å². The number of pyridine rings is 1. The van der Waals surface area contributed by atoms with Crippen molar-refractivity contribution >= 4 is 15.5 Å². The summed E-state index contributed by atoms with van der Waals surface area (Å²) < 4.78 is 29.8. The normalized spacial score (nSPS) is 18.2. The van der Waals surface area contributed by atoms with Gasteiger partial charge in [-0.2, -0.15) is 0 Å². The molecule has 0 N–H and O–H groups in total. The maximum Gasteiger partial charge on any atom is 0.200 e. The second kappa shape index (κ2) is 6.91. The molecule has 140 valence electrons. The Hall–Kier alpha value is -2.08. The van der Waals surface area contributed by atoms with Crippen molar-refractivity contribution in [3.05, 3.63) is 48.2 Å². The lowest BCUT2D eigenvalue weighted by Gasteiger charge is -2.28. The zero-order valence-corrected chi connectivity index (χ0v) is 16.6. The van der Waals surface area contributed by atoms with Crippen LogP contribution in [0, 0.1) is 0 Å². The molecule has 0 radical (unpaired) electrons. The van der Waals surface area contributed by atoms with Crippen LogP contribution in [-0.4, -0.2) is 31.8 Å². The van der Waals surface area contributed by atoms with E-state index in [1.807, 2.05) is 24.3 Å². The maximum atomic E-state index is 12.6. The third kappa shape index (κ3) is 3.30. The lowest BCUT2D eigenvalue weighted by molar-refractivity contribution is 0.405. The molecule has 6 heteroatoms. The lowest BCUT2D eigenvalue weighted by atomic mass is 10.0. The number of sulfone groups is 1. The van der Waals surface area contributed by atoms with Crippen LogP contribution in [0.5, 0.6) is 5.75 Å². The highest BCUT2D eigenvalue weighted by atomic mass is 32.2. The average molecular weight is 375 g/mol. The van der Waals surface area contributed by atoms with E-state index in [1.54, 1.807) is 40.1 Å². The Morgan fingerprint density at radius 3 is 2.50 bits per heavy atom. The molecule has 1 fully saturated rings. The molecule has 2 aromatic rings. The highest BCUT2D eigenvalue weighted by Crippen LogP contribution is 2.39. The summed E-state index contributed by atoms with van der Waals surface area (Å²) >= 11 is 0. The van der Waals surface area contributed by atoms with Crippen molar-refractivity contribution in [2.75, 3.05) is 18.6 Å². The van der Waals surface area contributed by atoms with Gasteiger partial charge in [0.15, 0.2) is 14.9 Å². The fraction of sp³-hybridized carbons (Fsp3) is 0.450. The molecule has 1 aliphatic heterocycles. The molecule has 0 aliphatic carbocycles. The second-order valence-corrected chi connectivity index (χ2v) is 10.2. The third-order valence-corrected chi connectivity index (χ3v) is 7.29. The van der Waals surface area contributed by atoms with Crippen LogP contribution in [0.15, 0.2) is 47.6 Å². The highest BCUT2D eigenvalue weighted by molar-refractivity contribution is 7.92. The van der Waals surface area contributed by atoms with Crippen molar-refractivity contribution < 1.29 is 13.2 Å². The Balaban J connectivity index is 1.92. The number of methoxy groups -OCH3 is 1. The number of ether oxygens (including phenoxy) is 1. The molecule has 26 heavy (non-hydrogen) atoms. The van der Waals surface area contributed by atoms with Crippen molar-refractivity contribution in [2.45, 2.75) is 49.4 Å². The van der Waals surface area contributed by atoms with Crippen LogP contribution < -0.4 is 9.64 Å². The minimum atomic E-state index is -3.44. The number of nitrogens with zero attached hydrogens (tertiary/aromatic N) is 2. The van der Waals surface area contributed by atoms with Crippen LogP contribution in [0.3, 0.4) is 0 Å². The van der Waals surface area contributed by atoms with Gasteiger partial charge in [-0.05, 0) is 51.8 Å². The molecule has 3 rings (SSSR count). The summed E-state index contributed by atoms with van der Waals surface area (Å²) in [6.45, 7) is 5.98. The number of aromatic nitrogens is 1. The van der Waals surface area contributed by atoms with E-state index in [4.69, 9.17) is 4.74 Å². The average Bonchev–Trinajstić information content (AvgIpc) is 3.10. The first-order valence-corrected chi connectivity index (χ1v) is 10.3. The molecule has 1 unspecified atom stereocenters. The Morgan fingerprint density at radius 2 is 1.88 bits per heavy atom. The van der Waals surface area contributed by atoms with E-state index in [0.29, 0.717) is 0 Å². The molecular formula is C20H26N2O3S. The summed E-state index contributed by atoms with van der Waals surface area (Å²) in [5.41, 5.74) is 2.09. The van der Waals surface area contributed by atoms with Gasteiger partial charge in [-0.1, -0.05) is 18.2 Å². The van der Waals surface area contributed by atoms with Gasteiger partial charge in [0, 0.05) is 12.1 Å². The summed E-state index contributed by atoms with van der Waals surface area (Å²) in [6, 6.07) is 11.7. The van der Waals surface area contributed by atoms with Gasteiger partial charge >= 0.3 is 0 Å². The van der Waals surface area contributed by atoms with Crippen LogP contribution in [-0.2, 0) is 9.84 Å². The number of hydrogen-bond donors (Lipinski definition) is 0. The van der Waals surface area contributed by atoms with E-state index >= 15 is 0 Å². The quantitative estimate of drug-likeness (QED) is 0.809. The van der Waals surface area contributed by atoms with Crippen LogP contribution in [0.4, 0.5) is 5.69 Å². The molecule has 5 nitrogen and oxygen atoms in total. The molecule has 0 saturated carbocycles. The molecular weight excluding hydrogens is 348 g/mol. The van der Waals surface area contributed by atoms with E-state index in [2.05, 4.69) is 16.0 Å². The van der Waals surface area contributed by atoms with Crippen molar-refractivity contribution in [1.82, 2.24) is 4.98 Å². The van der Waals surface area contributed by atoms with E-state index in [0.717, 1.165) is 36.4 Å². The first kappa shape index (κ1) is 18.7. The first-order chi connectivity index (χ1) is 12.3. The fourth-order valence-corrected chi connectivity index (χ4v) is 4.42. The Morgan fingerprint density at radius 1 is 1.15 bits per heavy atom. The molecule has 1 atom stereocenters. The maximum absolute atomic E-state index is 12.6. The molecule has 2 heterocycles. The van der Waals surface area contributed by atoms with Crippen LogP contribution >= 0.6 is 0 Å². The van der Waals surface area contributed by atoms with Gasteiger partial charge in [-0.25, -0.2) is 13.4 Å². The van der Waals surface area contributed by atoms with Crippen molar-refractivity contribution in [3.8, 4) is 5.75 Å². The van der Waals surface area contributed by atoms with Gasteiger partial charge in [0.2, 0.25) is 0 Å². The van der Waals surface area contributed by atoms with Gasteiger partial charge in [0.25, 0.3) is 0 Å². The number of benzene rings is 1. The fourth-order valence-electron chi connectivity index (χ4n) is 3.36. The van der Waals surface area contributed by atoms with Gasteiger partial charge in [0.1, 0.15) is 5.75 Å². The smallest absolute Gasteiger partial charge is 0.200 e. The monoisotopic (exact) mass is 374 g/mol. The van der Waals surface area contributed by atoms with Crippen LogP contribution in [0.25, 0.3) is 0 Å². The second-order valence-electron chi connectivity index (χ2n) is 7.56.